The van der Waals surface area contributed by atoms with Gasteiger partial charge in [0.15, 0.2) is 12.0 Å². The summed E-state index contributed by atoms with van der Waals surface area (Å²) >= 11 is 0. The van der Waals surface area contributed by atoms with Crippen LogP contribution in [0.15, 0.2) is 59.3 Å². The molecule has 0 aliphatic heterocycles. The molecule has 0 fully saturated rings. The number of benzene rings is 2. The highest BCUT2D eigenvalue weighted by Gasteiger charge is 2.06. The van der Waals surface area contributed by atoms with Crippen molar-refractivity contribution in [2.24, 2.45) is 0 Å². The van der Waals surface area contributed by atoms with Crippen LogP contribution < -0.4 is 10.1 Å². The van der Waals surface area contributed by atoms with E-state index >= 15 is 0 Å². The van der Waals surface area contributed by atoms with Crippen LogP contribution in [0.3, 0.4) is 0 Å². The minimum absolute atomic E-state index is 0.487. The minimum Gasteiger partial charge on any atom is -0.443 e. The summed E-state index contributed by atoms with van der Waals surface area (Å²) < 4.78 is 10.3. The van der Waals surface area contributed by atoms with Crippen molar-refractivity contribution in [3.8, 4) is 5.75 Å². The molecule has 1 amide bonds. The summed E-state index contributed by atoms with van der Waals surface area (Å²) in [6.45, 7) is 0. The number of ether oxygens (including phenoxy) is 1. The number of carbonyl (C=O) groups is 1. The number of fused-ring (bicyclic) bond motifs is 1. The SMILES string of the molecule is O=C(Nc1ccc2ncoc2c1)Oc1ccccc1. The lowest BCUT2D eigenvalue weighted by atomic mass is 10.3. The van der Waals surface area contributed by atoms with Gasteiger partial charge in [-0.25, -0.2) is 9.78 Å². The number of carbonyl (C=O) groups excluding carboxylic acids is 1. The molecule has 5 nitrogen and oxygen atoms in total. The zero-order valence-corrected chi connectivity index (χ0v) is 9.87. The van der Waals surface area contributed by atoms with Crippen molar-refractivity contribution in [2.45, 2.75) is 0 Å². The van der Waals surface area contributed by atoms with Gasteiger partial charge in [0.05, 0.1) is 0 Å². The lowest BCUT2D eigenvalue weighted by Gasteiger charge is -2.06. The molecule has 5 heteroatoms. The zero-order valence-electron chi connectivity index (χ0n) is 9.87. The molecule has 0 aliphatic carbocycles. The molecule has 94 valence electrons. The highest BCUT2D eigenvalue weighted by molar-refractivity contribution is 5.89. The molecule has 3 aromatic rings. The Morgan fingerprint density at radius 2 is 2.00 bits per heavy atom. The van der Waals surface area contributed by atoms with Crippen molar-refractivity contribution in [3.63, 3.8) is 0 Å². The molecule has 0 bridgehead atoms. The maximum absolute atomic E-state index is 11.7. The van der Waals surface area contributed by atoms with Crippen LogP contribution in [0.5, 0.6) is 5.75 Å². The van der Waals surface area contributed by atoms with Crippen LogP contribution in [0.2, 0.25) is 0 Å². The average Bonchev–Trinajstić information content (AvgIpc) is 2.87. The Balaban J connectivity index is 1.72. The predicted octanol–water partition coefficient (Wildman–Crippen LogP) is 3.44. The van der Waals surface area contributed by atoms with E-state index in [2.05, 4.69) is 10.3 Å². The van der Waals surface area contributed by atoms with Gasteiger partial charge in [-0.15, -0.1) is 0 Å². The summed E-state index contributed by atoms with van der Waals surface area (Å²) in [6, 6.07) is 14.0. The molecule has 0 saturated carbocycles. The normalized spacial score (nSPS) is 10.3. The number of oxazole rings is 1. The lowest BCUT2D eigenvalue weighted by Crippen LogP contribution is -2.16. The van der Waals surface area contributed by atoms with E-state index in [-0.39, 0.29) is 0 Å². The molecule has 0 atom stereocenters. The zero-order chi connectivity index (χ0) is 13.1. The van der Waals surface area contributed by atoms with Gasteiger partial charge in [-0.3, -0.25) is 5.32 Å². The first kappa shape index (κ1) is 11.3. The van der Waals surface area contributed by atoms with Crippen molar-refractivity contribution in [3.05, 3.63) is 54.9 Å². The highest BCUT2D eigenvalue weighted by Crippen LogP contribution is 2.18. The van der Waals surface area contributed by atoms with Crippen molar-refractivity contribution >= 4 is 22.9 Å². The smallest absolute Gasteiger partial charge is 0.417 e. The monoisotopic (exact) mass is 254 g/mol. The largest absolute Gasteiger partial charge is 0.443 e. The van der Waals surface area contributed by atoms with Gasteiger partial charge in [0.1, 0.15) is 11.3 Å². The summed E-state index contributed by atoms with van der Waals surface area (Å²) in [5, 5.41) is 2.62. The third kappa shape index (κ3) is 2.55. The van der Waals surface area contributed by atoms with Crippen LogP contribution in [0.25, 0.3) is 11.1 Å². The van der Waals surface area contributed by atoms with Crippen LogP contribution in [0.4, 0.5) is 10.5 Å². The first-order valence-electron chi connectivity index (χ1n) is 5.68. The molecule has 0 spiro atoms. The Labute approximate surface area is 108 Å². The molecule has 19 heavy (non-hydrogen) atoms. The Hall–Kier alpha value is -2.82. The quantitative estimate of drug-likeness (QED) is 0.760. The highest BCUT2D eigenvalue weighted by atomic mass is 16.6. The summed E-state index contributed by atoms with van der Waals surface area (Å²) in [7, 11) is 0. The van der Waals surface area contributed by atoms with E-state index in [0.29, 0.717) is 17.0 Å². The Morgan fingerprint density at radius 3 is 2.84 bits per heavy atom. The molecule has 3 rings (SSSR count). The van der Waals surface area contributed by atoms with Gasteiger partial charge in [0.2, 0.25) is 0 Å². The van der Waals surface area contributed by atoms with Gasteiger partial charge in [0.25, 0.3) is 0 Å². The molecule has 0 unspecified atom stereocenters. The first-order chi connectivity index (χ1) is 9.31. The average molecular weight is 254 g/mol. The Kier molecular flexibility index (Phi) is 2.86. The van der Waals surface area contributed by atoms with E-state index in [9.17, 15) is 4.79 Å². The number of anilines is 1. The van der Waals surface area contributed by atoms with Crippen LogP contribution in [-0.4, -0.2) is 11.1 Å². The fraction of sp³-hybridized carbons (Fsp3) is 0. The summed E-state index contributed by atoms with van der Waals surface area (Å²) in [4.78, 5) is 15.7. The molecule has 0 radical (unpaired) electrons. The van der Waals surface area contributed by atoms with E-state index in [0.717, 1.165) is 5.52 Å². The number of hydrogen-bond acceptors (Lipinski definition) is 4. The number of hydrogen-bond donors (Lipinski definition) is 1. The van der Waals surface area contributed by atoms with Gasteiger partial charge in [-0.2, -0.15) is 0 Å². The van der Waals surface area contributed by atoms with Crippen molar-refractivity contribution in [1.82, 2.24) is 4.98 Å². The van der Waals surface area contributed by atoms with Crippen molar-refractivity contribution < 1.29 is 13.9 Å². The Bertz CT molecular complexity index is 707. The molecular weight excluding hydrogens is 244 g/mol. The molecule has 0 saturated heterocycles. The van der Waals surface area contributed by atoms with E-state index in [4.69, 9.17) is 9.15 Å². The molecule has 0 aliphatic rings. The van der Waals surface area contributed by atoms with E-state index in [1.807, 2.05) is 6.07 Å². The van der Waals surface area contributed by atoms with Crippen LogP contribution in [0, 0.1) is 0 Å². The molecular formula is C14H10N2O3. The van der Waals surface area contributed by atoms with Gasteiger partial charge in [0, 0.05) is 11.8 Å². The first-order valence-corrected chi connectivity index (χ1v) is 5.68. The third-order valence-corrected chi connectivity index (χ3v) is 2.53. The van der Waals surface area contributed by atoms with Crippen LogP contribution in [-0.2, 0) is 0 Å². The van der Waals surface area contributed by atoms with Gasteiger partial charge >= 0.3 is 6.09 Å². The topological polar surface area (TPSA) is 64.4 Å². The fourth-order valence-electron chi connectivity index (χ4n) is 1.67. The van der Waals surface area contributed by atoms with Crippen molar-refractivity contribution in [1.29, 1.82) is 0 Å². The number of nitrogens with one attached hydrogen (secondary N) is 1. The molecule has 1 aromatic heterocycles. The summed E-state index contributed by atoms with van der Waals surface area (Å²) in [5.41, 5.74) is 1.93. The summed E-state index contributed by atoms with van der Waals surface area (Å²) in [5.74, 6) is 0.487. The van der Waals surface area contributed by atoms with E-state index in [1.54, 1.807) is 42.5 Å². The molecule has 1 N–H and O–H groups in total. The standard InChI is InChI=1S/C14H10N2O3/c17-14(19-11-4-2-1-3-5-11)16-10-6-7-12-13(8-10)18-9-15-12/h1-9H,(H,16,17). The van der Waals surface area contributed by atoms with Crippen LogP contribution in [0.1, 0.15) is 0 Å². The second kappa shape index (κ2) is 4.81. The van der Waals surface area contributed by atoms with Gasteiger partial charge < -0.3 is 9.15 Å². The minimum atomic E-state index is -0.551. The Morgan fingerprint density at radius 1 is 1.16 bits per heavy atom. The maximum Gasteiger partial charge on any atom is 0.417 e. The number of aromatic nitrogens is 1. The third-order valence-electron chi connectivity index (χ3n) is 2.53. The van der Waals surface area contributed by atoms with Crippen LogP contribution >= 0.6 is 0 Å². The van der Waals surface area contributed by atoms with E-state index < -0.39 is 6.09 Å². The van der Waals surface area contributed by atoms with E-state index in [1.165, 1.54) is 6.39 Å². The fourth-order valence-corrected chi connectivity index (χ4v) is 1.67. The summed E-state index contributed by atoms with van der Waals surface area (Å²) in [6.07, 6.45) is 0.807. The number of rotatable bonds is 2. The van der Waals surface area contributed by atoms with Gasteiger partial charge in [-0.05, 0) is 24.3 Å². The van der Waals surface area contributed by atoms with Crippen molar-refractivity contribution in [2.75, 3.05) is 5.32 Å². The number of amides is 1. The lowest BCUT2D eigenvalue weighted by molar-refractivity contribution is 0.215. The predicted molar refractivity (Wildman–Crippen MR) is 70.1 cm³/mol. The maximum atomic E-state index is 11.7. The van der Waals surface area contributed by atoms with Gasteiger partial charge in [-0.1, -0.05) is 18.2 Å². The second-order valence-corrected chi connectivity index (χ2v) is 3.86. The molecule has 2 aromatic carbocycles. The second-order valence-electron chi connectivity index (χ2n) is 3.86. The number of para-hydroxylation sites is 1. The number of nitrogens with zero attached hydrogens (tertiary/aromatic N) is 1. The molecule has 1 heterocycles.